The van der Waals surface area contributed by atoms with Crippen LogP contribution in [0, 0.1) is 0 Å². The molecule has 100 valence electrons. The second-order valence-corrected chi connectivity index (χ2v) is 6.89. The van der Waals surface area contributed by atoms with Crippen molar-refractivity contribution in [2.75, 3.05) is 11.1 Å². The number of thioether (sulfide) groups is 1. The molecular formula is C10H16N4O2S2. The molecule has 1 rings (SSSR count). The first-order chi connectivity index (χ1) is 8.26. The number of ketones is 1. The number of amides is 2. The van der Waals surface area contributed by atoms with E-state index in [4.69, 9.17) is 0 Å². The quantitative estimate of drug-likeness (QED) is 0.655. The number of Topliss-reactive ketones (excluding diaryl/α,β-unsaturated/α-hetero) is 1. The minimum absolute atomic E-state index is 0.0789. The fourth-order valence-electron chi connectivity index (χ4n) is 0.951. The van der Waals surface area contributed by atoms with Crippen LogP contribution in [0.5, 0.6) is 0 Å². The van der Waals surface area contributed by atoms with E-state index in [2.05, 4.69) is 20.8 Å². The van der Waals surface area contributed by atoms with E-state index < -0.39 is 0 Å². The average molecular weight is 288 g/mol. The Labute approximate surface area is 114 Å². The number of hydrogen-bond acceptors (Lipinski definition) is 6. The molecule has 6 nitrogen and oxygen atoms in total. The monoisotopic (exact) mass is 288 g/mol. The van der Waals surface area contributed by atoms with Gasteiger partial charge in [-0.2, -0.15) is 0 Å². The molecule has 8 heteroatoms. The molecule has 0 saturated carbocycles. The lowest BCUT2D eigenvalue weighted by Gasteiger charge is -2.19. The summed E-state index contributed by atoms with van der Waals surface area (Å²) in [5.74, 6) is 0.443. The van der Waals surface area contributed by atoms with Crippen LogP contribution in [0.2, 0.25) is 0 Å². The van der Waals surface area contributed by atoms with E-state index in [1.54, 1.807) is 0 Å². The summed E-state index contributed by atoms with van der Waals surface area (Å²) in [6.07, 6.45) is 0. The van der Waals surface area contributed by atoms with Gasteiger partial charge in [-0.05, 0) is 27.7 Å². The molecule has 2 N–H and O–H groups in total. The Morgan fingerprint density at radius 3 is 2.56 bits per heavy atom. The van der Waals surface area contributed by atoms with Gasteiger partial charge >= 0.3 is 6.03 Å². The Hall–Kier alpha value is -1.15. The summed E-state index contributed by atoms with van der Waals surface area (Å²) in [5.41, 5.74) is -0.305. The number of rotatable bonds is 4. The first-order valence-electron chi connectivity index (χ1n) is 5.31. The van der Waals surface area contributed by atoms with Crippen LogP contribution in [0.15, 0.2) is 4.34 Å². The Balaban J connectivity index is 2.48. The summed E-state index contributed by atoms with van der Waals surface area (Å²) in [6.45, 7) is 7.19. The van der Waals surface area contributed by atoms with Gasteiger partial charge < -0.3 is 5.32 Å². The topological polar surface area (TPSA) is 84.0 Å². The molecule has 0 bridgehead atoms. The molecule has 1 aromatic heterocycles. The summed E-state index contributed by atoms with van der Waals surface area (Å²) in [7, 11) is 0. The van der Waals surface area contributed by atoms with Crippen LogP contribution < -0.4 is 10.6 Å². The number of hydrogen-bond donors (Lipinski definition) is 2. The van der Waals surface area contributed by atoms with Crippen molar-refractivity contribution in [3.63, 3.8) is 0 Å². The molecule has 0 atom stereocenters. The van der Waals surface area contributed by atoms with Crippen LogP contribution >= 0.6 is 23.1 Å². The number of anilines is 1. The molecular weight excluding hydrogens is 272 g/mol. The predicted molar refractivity (Wildman–Crippen MR) is 73.2 cm³/mol. The van der Waals surface area contributed by atoms with Gasteiger partial charge in [-0.3, -0.25) is 10.1 Å². The van der Waals surface area contributed by atoms with Crippen molar-refractivity contribution in [1.82, 2.24) is 15.5 Å². The summed E-state index contributed by atoms with van der Waals surface area (Å²) in [6, 6.07) is -0.318. The molecule has 0 aliphatic rings. The summed E-state index contributed by atoms with van der Waals surface area (Å²) < 4.78 is 0.663. The zero-order valence-corrected chi connectivity index (χ0v) is 12.4. The Kier molecular flexibility index (Phi) is 5.09. The van der Waals surface area contributed by atoms with Gasteiger partial charge in [-0.25, -0.2) is 4.79 Å². The predicted octanol–water partition coefficient (Wildman–Crippen LogP) is 2.14. The van der Waals surface area contributed by atoms with E-state index in [1.165, 1.54) is 30.0 Å². The highest BCUT2D eigenvalue weighted by molar-refractivity contribution is 8.01. The van der Waals surface area contributed by atoms with E-state index >= 15 is 0 Å². The van der Waals surface area contributed by atoms with Gasteiger partial charge in [-0.15, -0.1) is 10.2 Å². The van der Waals surface area contributed by atoms with Crippen LogP contribution in [0.4, 0.5) is 9.93 Å². The molecule has 2 amide bonds. The molecule has 0 aromatic carbocycles. The van der Waals surface area contributed by atoms with E-state index in [-0.39, 0.29) is 17.4 Å². The minimum atomic E-state index is -0.318. The number of aromatic nitrogens is 2. The van der Waals surface area contributed by atoms with Gasteiger partial charge in [0.2, 0.25) is 5.13 Å². The van der Waals surface area contributed by atoms with Crippen molar-refractivity contribution in [2.45, 2.75) is 37.6 Å². The molecule has 1 aromatic rings. The van der Waals surface area contributed by atoms with E-state index in [0.717, 1.165) is 0 Å². The smallest absolute Gasteiger partial charge is 0.321 e. The van der Waals surface area contributed by atoms with Gasteiger partial charge in [0.1, 0.15) is 5.78 Å². The van der Waals surface area contributed by atoms with Gasteiger partial charge in [0, 0.05) is 5.54 Å². The largest absolute Gasteiger partial charge is 0.333 e. The molecule has 18 heavy (non-hydrogen) atoms. The maximum atomic E-state index is 11.6. The number of nitrogens with zero attached hydrogens (tertiary/aromatic N) is 2. The lowest BCUT2D eigenvalue weighted by molar-refractivity contribution is -0.114. The highest BCUT2D eigenvalue weighted by atomic mass is 32.2. The fraction of sp³-hybridized carbons (Fsp3) is 0.600. The molecule has 0 unspecified atom stereocenters. The number of carbonyl (C=O) groups excluding carboxylic acids is 2. The van der Waals surface area contributed by atoms with Gasteiger partial charge in [0.15, 0.2) is 4.34 Å². The van der Waals surface area contributed by atoms with Crippen molar-refractivity contribution < 1.29 is 9.59 Å². The molecule has 1 heterocycles. The Morgan fingerprint density at radius 2 is 2.00 bits per heavy atom. The average Bonchev–Trinajstić information content (AvgIpc) is 2.59. The maximum Gasteiger partial charge on any atom is 0.321 e. The highest BCUT2D eigenvalue weighted by Gasteiger charge is 2.15. The van der Waals surface area contributed by atoms with Crippen LogP contribution in [0.3, 0.4) is 0 Å². The molecule has 0 saturated heterocycles. The standard InChI is InChI=1S/C10H16N4O2S2/c1-6(15)5-17-9-14-13-8(18-9)11-7(16)12-10(2,3)4/h5H2,1-4H3,(H2,11,12,13,16). The number of nitrogens with one attached hydrogen (secondary N) is 2. The fourth-order valence-corrected chi connectivity index (χ4v) is 2.50. The van der Waals surface area contributed by atoms with E-state index in [0.29, 0.717) is 15.2 Å². The normalized spacial score (nSPS) is 11.1. The third-order valence-electron chi connectivity index (χ3n) is 1.51. The first kappa shape index (κ1) is 14.9. The maximum absolute atomic E-state index is 11.6. The van der Waals surface area contributed by atoms with Gasteiger partial charge in [0.25, 0.3) is 0 Å². The second kappa shape index (κ2) is 6.14. The molecule has 0 radical (unpaired) electrons. The van der Waals surface area contributed by atoms with Crippen molar-refractivity contribution in [3.05, 3.63) is 0 Å². The second-order valence-electron chi connectivity index (χ2n) is 4.69. The molecule has 0 aliphatic heterocycles. The molecule has 0 aliphatic carbocycles. The van der Waals surface area contributed by atoms with Crippen LogP contribution in [0.25, 0.3) is 0 Å². The van der Waals surface area contributed by atoms with E-state index in [1.807, 2.05) is 20.8 Å². The highest BCUT2D eigenvalue weighted by Crippen LogP contribution is 2.25. The van der Waals surface area contributed by atoms with Crippen LogP contribution in [-0.4, -0.2) is 33.3 Å². The third-order valence-corrected chi connectivity index (χ3v) is 3.63. The zero-order valence-electron chi connectivity index (χ0n) is 10.7. The Bertz CT molecular complexity index is 439. The van der Waals surface area contributed by atoms with Crippen molar-refractivity contribution in [3.8, 4) is 0 Å². The van der Waals surface area contributed by atoms with Crippen LogP contribution in [0.1, 0.15) is 27.7 Å². The minimum Gasteiger partial charge on any atom is -0.333 e. The lowest BCUT2D eigenvalue weighted by Crippen LogP contribution is -2.43. The van der Waals surface area contributed by atoms with E-state index in [9.17, 15) is 9.59 Å². The first-order valence-corrected chi connectivity index (χ1v) is 7.11. The molecule has 0 fully saturated rings. The zero-order chi connectivity index (χ0) is 13.8. The summed E-state index contributed by atoms with van der Waals surface area (Å²) in [4.78, 5) is 22.4. The van der Waals surface area contributed by atoms with Gasteiger partial charge in [0.05, 0.1) is 5.75 Å². The van der Waals surface area contributed by atoms with Gasteiger partial charge in [-0.1, -0.05) is 23.1 Å². The lowest BCUT2D eigenvalue weighted by atomic mass is 10.1. The summed E-state index contributed by atoms with van der Waals surface area (Å²) >= 11 is 2.56. The summed E-state index contributed by atoms with van der Waals surface area (Å²) in [5, 5.41) is 13.5. The third kappa shape index (κ3) is 5.97. The SMILES string of the molecule is CC(=O)CSc1nnc(NC(=O)NC(C)(C)C)s1. The number of urea groups is 1. The van der Waals surface area contributed by atoms with Crippen molar-refractivity contribution in [2.24, 2.45) is 0 Å². The van der Waals surface area contributed by atoms with Crippen molar-refractivity contribution in [1.29, 1.82) is 0 Å². The Morgan fingerprint density at radius 1 is 1.33 bits per heavy atom. The van der Waals surface area contributed by atoms with Crippen LogP contribution in [-0.2, 0) is 4.79 Å². The van der Waals surface area contributed by atoms with Crippen molar-refractivity contribution >= 4 is 40.0 Å². The number of carbonyl (C=O) groups is 2. The molecule has 0 spiro atoms.